The van der Waals surface area contributed by atoms with Crippen LogP contribution in [-0.2, 0) is 20.8 Å². The largest absolute Gasteiger partial charge is 0.479 e. The monoisotopic (exact) mass is 550 g/mol. The summed E-state index contributed by atoms with van der Waals surface area (Å²) in [6, 6.07) is 9.64. The molecule has 204 valence electrons. The Morgan fingerprint density at radius 1 is 0.949 bits per heavy atom. The van der Waals surface area contributed by atoms with Gasteiger partial charge in [0.2, 0.25) is 11.8 Å². The number of amides is 2. The first kappa shape index (κ1) is 28.0. The molecular formula is C29H30N2O7S. The average Bonchev–Trinajstić information content (AvgIpc) is 3.18. The van der Waals surface area contributed by atoms with Crippen molar-refractivity contribution in [2.45, 2.75) is 45.7 Å². The minimum Gasteiger partial charge on any atom is -0.479 e. The third-order valence-corrected chi connectivity index (χ3v) is 7.49. The molecule has 3 N–H and O–H groups in total. The zero-order valence-corrected chi connectivity index (χ0v) is 22.9. The number of carbonyl (C=O) groups is 3. The SMILES string of the molecule is CSCCC(NC(=O)Cc1c(C)c2cc3c(C)c(C)oc3cc2oc1=O)C(=O)NC(C(=O)O)c1ccccc1. The molecule has 9 nitrogen and oxygen atoms in total. The highest BCUT2D eigenvalue weighted by Crippen LogP contribution is 2.31. The van der Waals surface area contributed by atoms with Crippen molar-refractivity contribution in [3.05, 3.63) is 80.9 Å². The van der Waals surface area contributed by atoms with Crippen LogP contribution in [0.3, 0.4) is 0 Å². The Morgan fingerprint density at radius 3 is 2.28 bits per heavy atom. The number of carboxylic acids is 1. The van der Waals surface area contributed by atoms with E-state index < -0.39 is 35.5 Å². The summed E-state index contributed by atoms with van der Waals surface area (Å²) in [6.07, 6.45) is 1.85. The lowest BCUT2D eigenvalue weighted by molar-refractivity contribution is -0.142. The highest BCUT2D eigenvalue weighted by molar-refractivity contribution is 7.98. The summed E-state index contributed by atoms with van der Waals surface area (Å²) in [6.45, 7) is 5.56. The Balaban J connectivity index is 1.57. The van der Waals surface area contributed by atoms with Gasteiger partial charge in [0.05, 0.1) is 12.0 Å². The minimum absolute atomic E-state index is 0.189. The highest BCUT2D eigenvalue weighted by Gasteiger charge is 2.28. The lowest BCUT2D eigenvalue weighted by Crippen LogP contribution is -2.49. The van der Waals surface area contributed by atoms with Gasteiger partial charge in [0.25, 0.3) is 0 Å². The van der Waals surface area contributed by atoms with Crippen LogP contribution in [-0.4, -0.2) is 40.9 Å². The zero-order valence-electron chi connectivity index (χ0n) is 22.1. The lowest BCUT2D eigenvalue weighted by Gasteiger charge is -2.21. The molecule has 2 aromatic heterocycles. The van der Waals surface area contributed by atoms with Crippen molar-refractivity contribution in [1.82, 2.24) is 10.6 Å². The van der Waals surface area contributed by atoms with Gasteiger partial charge in [-0.25, -0.2) is 9.59 Å². The highest BCUT2D eigenvalue weighted by atomic mass is 32.2. The number of hydrogen-bond acceptors (Lipinski definition) is 7. The quantitative estimate of drug-likeness (QED) is 0.250. The van der Waals surface area contributed by atoms with Gasteiger partial charge in [-0.15, -0.1) is 0 Å². The Hall–Kier alpha value is -4.05. The topological polar surface area (TPSA) is 139 Å². The Morgan fingerprint density at radius 2 is 1.62 bits per heavy atom. The number of aryl methyl sites for hydroxylation is 3. The Kier molecular flexibility index (Phi) is 8.44. The summed E-state index contributed by atoms with van der Waals surface area (Å²) in [5, 5.41) is 16.5. The number of benzene rings is 2. The second kappa shape index (κ2) is 11.8. The minimum atomic E-state index is -1.27. The number of nitrogens with one attached hydrogen (secondary N) is 2. The molecule has 2 unspecified atom stereocenters. The summed E-state index contributed by atoms with van der Waals surface area (Å²) in [5.41, 5.74) is 2.52. The maximum absolute atomic E-state index is 13.1. The number of carbonyl (C=O) groups excluding carboxylic acids is 2. The normalized spacial score (nSPS) is 12.8. The van der Waals surface area contributed by atoms with Crippen molar-refractivity contribution in [3.63, 3.8) is 0 Å². The third kappa shape index (κ3) is 6.01. The molecule has 4 rings (SSSR count). The van der Waals surface area contributed by atoms with Crippen LogP contribution in [0.25, 0.3) is 21.9 Å². The van der Waals surface area contributed by atoms with Crippen LogP contribution in [0, 0.1) is 20.8 Å². The molecule has 0 bridgehead atoms. The van der Waals surface area contributed by atoms with Crippen molar-refractivity contribution < 1.29 is 28.3 Å². The van der Waals surface area contributed by atoms with Crippen molar-refractivity contribution in [2.24, 2.45) is 0 Å². The number of hydrogen-bond donors (Lipinski definition) is 3. The van der Waals surface area contributed by atoms with Crippen LogP contribution in [0.4, 0.5) is 0 Å². The van der Waals surface area contributed by atoms with Gasteiger partial charge in [-0.2, -0.15) is 11.8 Å². The van der Waals surface area contributed by atoms with Gasteiger partial charge in [0.1, 0.15) is 23.0 Å². The maximum atomic E-state index is 13.1. The number of carboxylic acid groups (broad SMARTS) is 1. The van der Waals surface area contributed by atoms with E-state index in [1.807, 2.05) is 26.2 Å². The molecule has 10 heteroatoms. The second-order valence-corrected chi connectivity index (χ2v) is 10.4. The summed E-state index contributed by atoms with van der Waals surface area (Å²) in [4.78, 5) is 50.9. The Labute approximate surface area is 228 Å². The van der Waals surface area contributed by atoms with E-state index in [2.05, 4.69) is 10.6 Å². The molecule has 2 amide bonds. The molecular weight excluding hydrogens is 520 g/mol. The van der Waals surface area contributed by atoms with E-state index in [1.54, 1.807) is 43.3 Å². The molecule has 0 aliphatic carbocycles. The van der Waals surface area contributed by atoms with Crippen LogP contribution >= 0.6 is 11.8 Å². The predicted molar refractivity (Wildman–Crippen MR) is 150 cm³/mol. The number of aliphatic carboxylic acids is 1. The number of fused-ring (bicyclic) bond motifs is 2. The second-order valence-electron chi connectivity index (χ2n) is 9.39. The summed E-state index contributed by atoms with van der Waals surface area (Å²) in [5.74, 6) is -1.06. The van der Waals surface area contributed by atoms with Crippen molar-refractivity contribution in [1.29, 1.82) is 0 Å². The molecule has 2 atom stereocenters. The van der Waals surface area contributed by atoms with Crippen LogP contribution in [0.5, 0.6) is 0 Å². The van der Waals surface area contributed by atoms with Crippen molar-refractivity contribution in [3.8, 4) is 0 Å². The predicted octanol–water partition coefficient (Wildman–Crippen LogP) is 4.19. The fourth-order valence-corrected chi connectivity index (χ4v) is 4.99. The first-order valence-electron chi connectivity index (χ1n) is 12.4. The van der Waals surface area contributed by atoms with Crippen LogP contribution in [0.1, 0.15) is 40.5 Å². The fraction of sp³-hybridized carbons (Fsp3) is 0.310. The van der Waals surface area contributed by atoms with Crippen LogP contribution in [0.2, 0.25) is 0 Å². The smallest absolute Gasteiger partial charge is 0.340 e. The summed E-state index contributed by atoms with van der Waals surface area (Å²) in [7, 11) is 0. The standard InChI is InChI=1S/C29H30N2O7S/c1-15-17(3)37-23-14-24-20(12-19(15)23)16(2)21(29(36)38-24)13-25(32)30-22(10-11-39-4)27(33)31-26(28(34)35)18-8-6-5-7-9-18/h5-9,12,14,22,26H,10-11,13H2,1-4H3,(H,30,32)(H,31,33)(H,34,35). The van der Waals surface area contributed by atoms with Gasteiger partial charge >= 0.3 is 11.6 Å². The molecule has 4 aromatic rings. The number of thioether (sulfide) groups is 1. The molecule has 0 saturated carbocycles. The fourth-order valence-electron chi connectivity index (χ4n) is 4.52. The van der Waals surface area contributed by atoms with E-state index in [-0.39, 0.29) is 18.4 Å². The summed E-state index contributed by atoms with van der Waals surface area (Å²) >= 11 is 1.49. The third-order valence-electron chi connectivity index (χ3n) is 6.85. The molecule has 0 spiro atoms. The molecule has 0 saturated heterocycles. The Bertz CT molecular complexity index is 1610. The zero-order chi connectivity index (χ0) is 28.3. The van der Waals surface area contributed by atoms with Gasteiger partial charge in [-0.05, 0) is 62.0 Å². The van der Waals surface area contributed by atoms with E-state index in [4.69, 9.17) is 8.83 Å². The number of rotatable bonds is 10. The van der Waals surface area contributed by atoms with Crippen molar-refractivity contribution >= 4 is 51.5 Å². The van der Waals surface area contributed by atoms with Gasteiger partial charge in [-0.3, -0.25) is 9.59 Å². The maximum Gasteiger partial charge on any atom is 0.340 e. The number of furan rings is 1. The molecule has 2 heterocycles. The molecule has 0 radical (unpaired) electrons. The van der Waals surface area contributed by atoms with Gasteiger partial charge < -0.3 is 24.6 Å². The average molecular weight is 551 g/mol. The lowest BCUT2D eigenvalue weighted by atomic mass is 10.0. The molecule has 2 aromatic carbocycles. The van der Waals surface area contributed by atoms with E-state index in [0.717, 1.165) is 16.7 Å². The first-order valence-corrected chi connectivity index (χ1v) is 13.8. The van der Waals surface area contributed by atoms with E-state index in [0.29, 0.717) is 33.4 Å². The van der Waals surface area contributed by atoms with Gasteiger partial charge in [-0.1, -0.05) is 30.3 Å². The van der Waals surface area contributed by atoms with Gasteiger partial charge in [0, 0.05) is 16.8 Å². The van der Waals surface area contributed by atoms with E-state index in [1.165, 1.54) is 11.8 Å². The molecule has 39 heavy (non-hydrogen) atoms. The molecule has 0 aliphatic rings. The van der Waals surface area contributed by atoms with Gasteiger partial charge in [0.15, 0.2) is 6.04 Å². The first-order chi connectivity index (χ1) is 18.6. The van der Waals surface area contributed by atoms with E-state index >= 15 is 0 Å². The van der Waals surface area contributed by atoms with Crippen molar-refractivity contribution in [2.75, 3.05) is 12.0 Å². The van der Waals surface area contributed by atoms with Crippen LogP contribution in [0.15, 0.2) is 56.1 Å². The van der Waals surface area contributed by atoms with E-state index in [9.17, 15) is 24.3 Å². The van der Waals surface area contributed by atoms with Crippen LogP contribution < -0.4 is 16.3 Å². The summed E-state index contributed by atoms with van der Waals surface area (Å²) < 4.78 is 11.3. The molecule has 0 fully saturated rings. The molecule has 0 aliphatic heterocycles.